The molecule has 2 rings (SSSR count). The van der Waals surface area contributed by atoms with Gasteiger partial charge in [0.2, 0.25) is 10.0 Å². The Kier molecular flexibility index (Phi) is 5.82. The molecule has 0 aromatic heterocycles. The molecule has 0 aliphatic carbocycles. The van der Waals surface area contributed by atoms with Crippen molar-refractivity contribution in [1.29, 1.82) is 0 Å². The van der Waals surface area contributed by atoms with Crippen molar-refractivity contribution in [3.05, 3.63) is 23.3 Å². The van der Waals surface area contributed by atoms with Gasteiger partial charge in [-0.2, -0.15) is 4.31 Å². The molecule has 1 aromatic carbocycles. The highest BCUT2D eigenvalue weighted by Gasteiger charge is 2.26. The number of halogens is 1. The van der Waals surface area contributed by atoms with E-state index in [9.17, 15) is 8.42 Å². The fourth-order valence-corrected chi connectivity index (χ4v) is 4.03. The first kappa shape index (κ1) is 17.2. The Morgan fingerprint density at radius 2 is 1.65 bits per heavy atom. The summed E-state index contributed by atoms with van der Waals surface area (Å²) >= 11 is 0. The number of benzene rings is 1. The topological polar surface area (TPSA) is 58.6 Å². The van der Waals surface area contributed by atoms with E-state index in [1.54, 1.807) is 19.2 Å². The summed E-state index contributed by atoms with van der Waals surface area (Å²) in [4.78, 5) is 0.352. The van der Waals surface area contributed by atoms with Crippen LogP contribution in [0.2, 0.25) is 0 Å². The van der Waals surface area contributed by atoms with E-state index in [-0.39, 0.29) is 12.4 Å². The van der Waals surface area contributed by atoms with Gasteiger partial charge in [-0.3, -0.25) is 0 Å². The average molecular weight is 321 g/mol. The van der Waals surface area contributed by atoms with Crippen molar-refractivity contribution in [2.45, 2.75) is 18.7 Å². The molecular weight excluding hydrogens is 300 g/mol. The summed E-state index contributed by atoms with van der Waals surface area (Å²) in [6, 6.07) is 3.37. The van der Waals surface area contributed by atoms with Crippen LogP contribution in [0.25, 0.3) is 0 Å². The number of nitrogens with zero attached hydrogens (tertiary/aromatic N) is 1. The Balaban J connectivity index is 0.00000200. The standard InChI is InChI=1S/C13H20N2O3S.ClH/c1-10-8-12(9-11(2)13(10)18-3)19(16,17)15-6-4-14-5-7-15;/h8-9,14H,4-7H2,1-3H3;1H. The van der Waals surface area contributed by atoms with Gasteiger partial charge >= 0.3 is 0 Å². The van der Waals surface area contributed by atoms with E-state index in [1.165, 1.54) is 4.31 Å². The van der Waals surface area contributed by atoms with E-state index >= 15 is 0 Å². The van der Waals surface area contributed by atoms with E-state index in [0.29, 0.717) is 31.1 Å². The Morgan fingerprint density at radius 1 is 1.15 bits per heavy atom. The van der Waals surface area contributed by atoms with Crippen molar-refractivity contribution in [3.8, 4) is 5.75 Å². The normalized spacial score (nSPS) is 16.6. The van der Waals surface area contributed by atoms with Crippen molar-refractivity contribution in [3.63, 3.8) is 0 Å². The van der Waals surface area contributed by atoms with Crippen molar-refractivity contribution >= 4 is 22.4 Å². The highest BCUT2D eigenvalue weighted by molar-refractivity contribution is 7.89. The van der Waals surface area contributed by atoms with Gasteiger partial charge < -0.3 is 10.1 Å². The molecule has 1 aliphatic heterocycles. The van der Waals surface area contributed by atoms with E-state index in [1.807, 2.05) is 13.8 Å². The third kappa shape index (κ3) is 3.25. The van der Waals surface area contributed by atoms with Crippen LogP contribution >= 0.6 is 12.4 Å². The number of piperazine rings is 1. The summed E-state index contributed by atoms with van der Waals surface area (Å²) < 4.78 is 31.9. The molecule has 1 heterocycles. The predicted molar refractivity (Wildman–Crippen MR) is 81.3 cm³/mol. The lowest BCUT2D eigenvalue weighted by molar-refractivity contribution is 0.360. The number of nitrogens with one attached hydrogen (secondary N) is 1. The molecule has 0 unspecified atom stereocenters. The minimum absolute atomic E-state index is 0. The van der Waals surface area contributed by atoms with Gasteiger partial charge in [0, 0.05) is 26.2 Å². The minimum Gasteiger partial charge on any atom is -0.496 e. The molecular formula is C13H21ClN2O3S. The van der Waals surface area contributed by atoms with Crippen molar-refractivity contribution in [1.82, 2.24) is 9.62 Å². The molecule has 1 aliphatic rings. The molecule has 5 nitrogen and oxygen atoms in total. The van der Waals surface area contributed by atoms with Gasteiger partial charge in [-0.25, -0.2) is 8.42 Å². The summed E-state index contributed by atoms with van der Waals surface area (Å²) in [5, 5.41) is 3.15. The molecule has 0 radical (unpaired) electrons. The number of aryl methyl sites for hydroxylation is 2. The summed E-state index contributed by atoms with van der Waals surface area (Å²) in [5.41, 5.74) is 1.69. The molecule has 1 N–H and O–H groups in total. The number of ether oxygens (including phenoxy) is 1. The van der Waals surface area contributed by atoms with E-state index < -0.39 is 10.0 Å². The van der Waals surface area contributed by atoms with Crippen LogP contribution in [0.3, 0.4) is 0 Å². The number of hydrogen-bond acceptors (Lipinski definition) is 4. The molecule has 1 fully saturated rings. The smallest absolute Gasteiger partial charge is 0.243 e. The highest BCUT2D eigenvalue weighted by atomic mass is 35.5. The van der Waals surface area contributed by atoms with Crippen LogP contribution in [-0.4, -0.2) is 46.0 Å². The number of rotatable bonds is 3. The maximum atomic E-state index is 12.5. The van der Waals surface area contributed by atoms with Crippen LogP contribution in [0.1, 0.15) is 11.1 Å². The molecule has 0 saturated carbocycles. The second-order valence-corrected chi connectivity index (χ2v) is 6.68. The first-order valence-corrected chi connectivity index (χ1v) is 7.77. The van der Waals surface area contributed by atoms with Crippen molar-refractivity contribution < 1.29 is 13.2 Å². The predicted octanol–water partition coefficient (Wildman–Crippen LogP) is 1.33. The molecule has 20 heavy (non-hydrogen) atoms. The molecule has 1 saturated heterocycles. The van der Waals surface area contributed by atoms with Gasteiger partial charge in [0.25, 0.3) is 0 Å². The average Bonchev–Trinajstić information content (AvgIpc) is 2.39. The minimum atomic E-state index is -3.39. The quantitative estimate of drug-likeness (QED) is 0.913. The Hall–Kier alpha value is -0.820. The number of sulfonamides is 1. The van der Waals surface area contributed by atoms with Crippen molar-refractivity contribution in [2.24, 2.45) is 0 Å². The van der Waals surface area contributed by atoms with Gasteiger partial charge in [0.05, 0.1) is 12.0 Å². The van der Waals surface area contributed by atoms with Crippen molar-refractivity contribution in [2.75, 3.05) is 33.3 Å². The molecule has 1 aromatic rings. The molecule has 7 heteroatoms. The zero-order valence-corrected chi connectivity index (χ0v) is 13.6. The SMILES string of the molecule is COc1c(C)cc(S(=O)(=O)N2CCNCC2)cc1C.Cl. The summed E-state index contributed by atoms with van der Waals surface area (Å²) in [6.07, 6.45) is 0. The second kappa shape index (κ2) is 6.76. The number of hydrogen-bond donors (Lipinski definition) is 1. The van der Waals surface area contributed by atoms with Crippen LogP contribution in [-0.2, 0) is 10.0 Å². The largest absolute Gasteiger partial charge is 0.496 e. The van der Waals surface area contributed by atoms with Gasteiger partial charge in [-0.1, -0.05) is 0 Å². The first-order valence-electron chi connectivity index (χ1n) is 6.33. The van der Waals surface area contributed by atoms with E-state index in [4.69, 9.17) is 4.74 Å². The molecule has 114 valence electrons. The molecule has 0 amide bonds. The maximum absolute atomic E-state index is 12.5. The lowest BCUT2D eigenvalue weighted by Gasteiger charge is -2.27. The van der Waals surface area contributed by atoms with Crippen LogP contribution < -0.4 is 10.1 Å². The van der Waals surface area contributed by atoms with Crippen LogP contribution in [0.5, 0.6) is 5.75 Å². The van der Waals surface area contributed by atoms with E-state index in [2.05, 4.69) is 5.32 Å². The maximum Gasteiger partial charge on any atom is 0.243 e. The van der Waals surface area contributed by atoms with Crippen LogP contribution in [0, 0.1) is 13.8 Å². The third-order valence-corrected chi connectivity index (χ3v) is 5.23. The summed E-state index contributed by atoms with van der Waals surface area (Å²) in [7, 11) is -1.80. The van der Waals surface area contributed by atoms with Crippen LogP contribution in [0.15, 0.2) is 17.0 Å². The van der Waals surface area contributed by atoms with Gasteiger partial charge in [-0.15, -0.1) is 12.4 Å². The highest BCUT2D eigenvalue weighted by Crippen LogP contribution is 2.28. The lowest BCUT2D eigenvalue weighted by atomic mass is 10.1. The second-order valence-electron chi connectivity index (χ2n) is 4.74. The first-order chi connectivity index (χ1) is 8.96. The molecule has 0 spiro atoms. The fraction of sp³-hybridized carbons (Fsp3) is 0.538. The fourth-order valence-electron chi connectivity index (χ4n) is 2.42. The van der Waals surface area contributed by atoms with Gasteiger partial charge in [0.15, 0.2) is 0 Å². The zero-order valence-electron chi connectivity index (χ0n) is 12.0. The molecule has 0 bridgehead atoms. The zero-order chi connectivity index (χ0) is 14.0. The van der Waals surface area contributed by atoms with Crippen LogP contribution in [0.4, 0.5) is 0 Å². The Morgan fingerprint density at radius 3 is 2.10 bits per heavy atom. The summed E-state index contributed by atoms with van der Waals surface area (Å²) in [6.45, 7) is 6.17. The molecule has 0 atom stereocenters. The van der Waals surface area contributed by atoms with Gasteiger partial charge in [-0.05, 0) is 37.1 Å². The van der Waals surface area contributed by atoms with E-state index in [0.717, 1.165) is 16.9 Å². The Labute approximate surface area is 126 Å². The Bertz CT molecular complexity index is 546. The number of methoxy groups -OCH3 is 1. The lowest BCUT2D eigenvalue weighted by Crippen LogP contribution is -2.46. The van der Waals surface area contributed by atoms with Gasteiger partial charge in [0.1, 0.15) is 5.75 Å². The summed E-state index contributed by atoms with van der Waals surface area (Å²) in [5.74, 6) is 0.749. The monoisotopic (exact) mass is 320 g/mol. The third-order valence-electron chi connectivity index (χ3n) is 3.35.